The summed E-state index contributed by atoms with van der Waals surface area (Å²) in [6.07, 6.45) is 9.95. The monoisotopic (exact) mass is 248 g/mol. The van der Waals surface area contributed by atoms with E-state index in [0.717, 1.165) is 38.6 Å². The van der Waals surface area contributed by atoms with Crippen molar-refractivity contribution in [1.82, 2.24) is 10.2 Å². The van der Waals surface area contributed by atoms with Crippen molar-refractivity contribution in [3.8, 4) is 12.3 Å². The summed E-state index contributed by atoms with van der Waals surface area (Å²) in [6.45, 7) is 1.56. The molecule has 0 aromatic carbocycles. The highest BCUT2D eigenvalue weighted by Gasteiger charge is 2.38. The number of carbonyl (C=O) groups is 2. The Morgan fingerprint density at radius 3 is 2.94 bits per heavy atom. The predicted octanol–water partition coefficient (Wildman–Crippen LogP) is 0.569. The molecular weight excluding hydrogens is 228 g/mol. The van der Waals surface area contributed by atoms with E-state index in [1.54, 1.807) is 0 Å². The van der Waals surface area contributed by atoms with Gasteiger partial charge >= 0.3 is 0 Å². The summed E-state index contributed by atoms with van der Waals surface area (Å²) in [5.74, 6) is 2.90. The SMILES string of the molecule is C#CCNC(=O)CN1CCCC1C1CCCC1=O. The molecular formula is C14H20N2O2. The van der Waals surface area contributed by atoms with Crippen LogP contribution in [0.25, 0.3) is 0 Å². The Hall–Kier alpha value is -1.34. The standard InChI is InChI=1S/C14H20N2O2/c1-2-8-15-14(18)10-16-9-4-6-12(16)11-5-3-7-13(11)17/h1,11-12H,3-10H2,(H,15,18). The number of Topliss-reactive ketones (excluding diaryl/α,β-unsaturated/α-hetero) is 1. The Morgan fingerprint density at radius 1 is 1.44 bits per heavy atom. The summed E-state index contributed by atoms with van der Waals surface area (Å²) in [5.41, 5.74) is 0. The molecule has 1 amide bonds. The highest BCUT2D eigenvalue weighted by atomic mass is 16.2. The van der Waals surface area contributed by atoms with Crippen LogP contribution in [-0.4, -0.2) is 42.3 Å². The van der Waals surface area contributed by atoms with Gasteiger partial charge in [-0.15, -0.1) is 6.42 Å². The van der Waals surface area contributed by atoms with Crippen LogP contribution in [-0.2, 0) is 9.59 Å². The number of ketones is 1. The van der Waals surface area contributed by atoms with E-state index < -0.39 is 0 Å². The minimum atomic E-state index is -0.0368. The lowest BCUT2D eigenvalue weighted by molar-refractivity contribution is -0.125. The van der Waals surface area contributed by atoms with Gasteiger partial charge in [0, 0.05) is 18.4 Å². The molecule has 0 spiro atoms. The van der Waals surface area contributed by atoms with Gasteiger partial charge in [-0.1, -0.05) is 5.92 Å². The van der Waals surface area contributed by atoms with Crippen LogP contribution in [0.3, 0.4) is 0 Å². The molecule has 2 unspecified atom stereocenters. The van der Waals surface area contributed by atoms with Crippen molar-refractivity contribution in [2.45, 2.75) is 38.1 Å². The maximum atomic E-state index is 11.8. The van der Waals surface area contributed by atoms with Crippen LogP contribution in [0.15, 0.2) is 0 Å². The quantitative estimate of drug-likeness (QED) is 0.740. The molecule has 2 rings (SSSR count). The Balaban J connectivity index is 1.89. The minimum absolute atomic E-state index is 0.0368. The molecule has 2 aliphatic rings. The number of hydrogen-bond acceptors (Lipinski definition) is 3. The second kappa shape index (κ2) is 6.01. The Bertz CT molecular complexity index is 372. The molecule has 0 aromatic heterocycles. The number of rotatable bonds is 4. The molecule has 4 nitrogen and oxygen atoms in total. The van der Waals surface area contributed by atoms with E-state index in [2.05, 4.69) is 16.1 Å². The molecule has 2 fully saturated rings. The molecule has 2 atom stereocenters. The summed E-state index contributed by atoms with van der Waals surface area (Å²) >= 11 is 0. The van der Waals surface area contributed by atoms with Crippen LogP contribution < -0.4 is 5.32 Å². The lowest BCUT2D eigenvalue weighted by atomic mass is 9.95. The first-order valence-electron chi connectivity index (χ1n) is 6.69. The van der Waals surface area contributed by atoms with Gasteiger partial charge in [0.05, 0.1) is 13.1 Å². The summed E-state index contributed by atoms with van der Waals surface area (Å²) in [7, 11) is 0. The molecule has 4 heteroatoms. The van der Waals surface area contributed by atoms with Crippen molar-refractivity contribution in [2.24, 2.45) is 5.92 Å². The van der Waals surface area contributed by atoms with Gasteiger partial charge < -0.3 is 5.32 Å². The van der Waals surface area contributed by atoms with Crippen molar-refractivity contribution in [3.05, 3.63) is 0 Å². The first-order valence-corrected chi connectivity index (χ1v) is 6.69. The number of amides is 1. The fourth-order valence-electron chi connectivity index (χ4n) is 3.14. The maximum absolute atomic E-state index is 11.8. The number of hydrogen-bond donors (Lipinski definition) is 1. The Morgan fingerprint density at radius 2 is 2.28 bits per heavy atom. The average molecular weight is 248 g/mol. The highest BCUT2D eigenvalue weighted by Crippen LogP contribution is 2.32. The second-order valence-corrected chi connectivity index (χ2v) is 5.13. The topological polar surface area (TPSA) is 49.4 Å². The van der Waals surface area contributed by atoms with Gasteiger partial charge in [0.1, 0.15) is 5.78 Å². The largest absolute Gasteiger partial charge is 0.344 e. The van der Waals surface area contributed by atoms with E-state index in [1.165, 1.54) is 0 Å². The summed E-state index contributed by atoms with van der Waals surface area (Å²) in [4.78, 5) is 25.6. The van der Waals surface area contributed by atoms with E-state index >= 15 is 0 Å². The highest BCUT2D eigenvalue weighted by molar-refractivity contribution is 5.84. The summed E-state index contributed by atoms with van der Waals surface area (Å²) < 4.78 is 0. The maximum Gasteiger partial charge on any atom is 0.234 e. The molecule has 0 radical (unpaired) electrons. The molecule has 1 saturated carbocycles. The molecule has 1 heterocycles. The lowest BCUT2D eigenvalue weighted by Gasteiger charge is -2.27. The number of terminal acetylenes is 1. The Kier molecular flexibility index (Phi) is 4.38. The van der Waals surface area contributed by atoms with Crippen LogP contribution in [0.4, 0.5) is 0 Å². The van der Waals surface area contributed by atoms with Crippen LogP contribution in [0, 0.1) is 18.3 Å². The van der Waals surface area contributed by atoms with Gasteiger partial charge in [0.25, 0.3) is 0 Å². The van der Waals surface area contributed by atoms with Crippen molar-refractivity contribution in [2.75, 3.05) is 19.6 Å². The molecule has 0 bridgehead atoms. The van der Waals surface area contributed by atoms with Gasteiger partial charge in [-0.2, -0.15) is 0 Å². The summed E-state index contributed by atoms with van der Waals surface area (Å²) in [5, 5.41) is 2.68. The van der Waals surface area contributed by atoms with E-state index in [0.29, 0.717) is 12.3 Å². The Labute approximate surface area is 108 Å². The zero-order valence-electron chi connectivity index (χ0n) is 10.7. The van der Waals surface area contributed by atoms with E-state index in [1.807, 2.05) is 0 Å². The minimum Gasteiger partial charge on any atom is -0.344 e. The van der Waals surface area contributed by atoms with Gasteiger partial charge in [-0.3, -0.25) is 14.5 Å². The molecule has 0 aromatic rings. The van der Waals surface area contributed by atoms with Crippen LogP contribution in [0.2, 0.25) is 0 Å². The van der Waals surface area contributed by atoms with E-state index in [-0.39, 0.29) is 24.4 Å². The number of carbonyl (C=O) groups excluding carboxylic acids is 2. The molecule has 98 valence electrons. The number of likely N-dealkylation sites (tertiary alicyclic amines) is 1. The third-order valence-electron chi connectivity index (χ3n) is 3.96. The second-order valence-electron chi connectivity index (χ2n) is 5.13. The first-order chi connectivity index (χ1) is 8.72. The normalized spacial score (nSPS) is 28.3. The van der Waals surface area contributed by atoms with Gasteiger partial charge in [0.2, 0.25) is 5.91 Å². The predicted molar refractivity (Wildman–Crippen MR) is 68.8 cm³/mol. The first kappa shape index (κ1) is 13.1. The van der Waals surface area contributed by atoms with Gasteiger partial charge in [-0.05, 0) is 32.2 Å². The third-order valence-corrected chi connectivity index (χ3v) is 3.96. The molecule has 18 heavy (non-hydrogen) atoms. The van der Waals surface area contributed by atoms with Crippen molar-refractivity contribution in [1.29, 1.82) is 0 Å². The van der Waals surface area contributed by atoms with Gasteiger partial charge in [0.15, 0.2) is 0 Å². The smallest absolute Gasteiger partial charge is 0.234 e. The van der Waals surface area contributed by atoms with Crippen molar-refractivity contribution >= 4 is 11.7 Å². The number of nitrogens with one attached hydrogen (secondary N) is 1. The van der Waals surface area contributed by atoms with E-state index in [9.17, 15) is 9.59 Å². The van der Waals surface area contributed by atoms with E-state index in [4.69, 9.17) is 6.42 Å². The average Bonchev–Trinajstić information content (AvgIpc) is 2.95. The fourth-order valence-corrected chi connectivity index (χ4v) is 3.14. The lowest BCUT2D eigenvalue weighted by Crippen LogP contribution is -2.43. The zero-order chi connectivity index (χ0) is 13.0. The molecule has 1 saturated heterocycles. The summed E-state index contributed by atoms with van der Waals surface area (Å²) in [6, 6.07) is 0.275. The van der Waals surface area contributed by atoms with Crippen molar-refractivity contribution < 1.29 is 9.59 Å². The fraction of sp³-hybridized carbons (Fsp3) is 0.714. The molecule has 1 aliphatic heterocycles. The zero-order valence-corrected chi connectivity index (χ0v) is 10.7. The van der Waals surface area contributed by atoms with Crippen LogP contribution in [0.1, 0.15) is 32.1 Å². The third kappa shape index (κ3) is 2.91. The molecule has 1 aliphatic carbocycles. The van der Waals surface area contributed by atoms with Crippen LogP contribution in [0.5, 0.6) is 0 Å². The van der Waals surface area contributed by atoms with Crippen molar-refractivity contribution in [3.63, 3.8) is 0 Å². The van der Waals surface area contributed by atoms with Crippen LogP contribution >= 0.6 is 0 Å². The van der Waals surface area contributed by atoms with Gasteiger partial charge in [-0.25, -0.2) is 0 Å². The number of nitrogens with zero attached hydrogens (tertiary/aromatic N) is 1. The molecule has 1 N–H and O–H groups in total.